The lowest BCUT2D eigenvalue weighted by Gasteiger charge is -2.10. The summed E-state index contributed by atoms with van der Waals surface area (Å²) in [4.78, 5) is 15.8. The number of carbonyl (C=O) groups is 1. The molecule has 3 rings (SSSR count). The summed E-state index contributed by atoms with van der Waals surface area (Å²) in [6.07, 6.45) is 0. The van der Waals surface area contributed by atoms with Gasteiger partial charge in [0.05, 0.1) is 17.2 Å². The van der Waals surface area contributed by atoms with Gasteiger partial charge in [-0.25, -0.2) is 4.98 Å². The van der Waals surface area contributed by atoms with Crippen molar-refractivity contribution < 1.29 is 13.9 Å². The molecule has 0 spiro atoms. The fourth-order valence-electron chi connectivity index (χ4n) is 2.36. The second-order valence-electron chi connectivity index (χ2n) is 5.75. The van der Waals surface area contributed by atoms with Crippen molar-refractivity contribution in [2.45, 2.75) is 6.92 Å². The number of anilines is 2. The van der Waals surface area contributed by atoms with Gasteiger partial charge in [-0.1, -0.05) is 6.07 Å². The standard InChI is InChI=1S/C20H15FN4O2/c1-12-9-17(19(23)25-18(12)21)20(26)24-14-5-7-15(8-6-14)27-16-4-2-3-13(10-16)11-22/h2-10H,1H3,(H2,23,25)(H,24,26). The summed E-state index contributed by atoms with van der Waals surface area (Å²) in [5.74, 6) is -0.286. The zero-order chi connectivity index (χ0) is 19.4. The van der Waals surface area contributed by atoms with E-state index in [4.69, 9.17) is 15.7 Å². The topological polar surface area (TPSA) is 101 Å². The summed E-state index contributed by atoms with van der Waals surface area (Å²) >= 11 is 0. The molecule has 6 nitrogen and oxygen atoms in total. The number of nitriles is 1. The van der Waals surface area contributed by atoms with Crippen molar-refractivity contribution in [3.8, 4) is 17.6 Å². The number of nitrogen functional groups attached to an aromatic ring is 1. The molecule has 0 unspecified atom stereocenters. The molecule has 0 fully saturated rings. The first-order chi connectivity index (χ1) is 13.0. The van der Waals surface area contributed by atoms with E-state index in [1.165, 1.54) is 13.0 Å². The highest BCUT2D eigenvalue weighted by Gasteiger charge is 2.14. The monoisotopic (exact) mass is 362 g/mol. The number of amides is 1. The number of nitrogens with two attached hydrogens (primary N) is 1. The van der Waals surface area contributed by atoms with E-state index < -0.39 is 11.9 Å². The SMILES string of the molecule is Cc1cc(C(=O)Nc2ccc(Oc3cccc(C#N)c3)cc2)c(N)nc1F. The van der Waals surface area contributed by atoms with Gasteiger partial charge in [-0.2, -0.15) is 9.65 Å². The van der Waals surface area contributed by atoms with E-state index in [2.05, 4.69) is 10.3 Å². The van der Waals surface area contributed by atoms with E-state index in [-0.39, 0.29) is 16.9 Å². The van der Waals surface area contributed by atoms with Gasteiger partial charge in [0.25, 0.3) is 5.91 Å². The van der Waals surface area contributed by atoms with Crippen LogP contribution in [0.2, 0.25) is 0 Å². The zero-order valence-electron chi connectivity index (χ0n) is 14.4. The molecule has 1 heterocycles. The van der Waals surface area contributed by atoms with Crippen LogP contribution < -0.4 is 15.8 Å². The number of halogens is 1. The molecular formula is C20H15FN4O2. The zero-order valence-corrected chi connectivity index (χ0v) is 14.4. The lowest BCUT2D eigenvalue weighted by Crippen LogP contribution is -2.16. The van der Waals surface area contributed by atoms with Crippen molar-refractivity contribution >= 4 is 17.4 Å². The fourth-order valence-corrected chi connectivity index (χ4v) is 2.36. The van der Waals surface area contributed by atoms with Crippen LogP contribution in [0, 0.1) is 24.2 Å². The van der Waals surface area contributed by atoms with Gasteiger partial charge in [-0.3, -0.25) is 4.79 Å². The molecule has 1 aromatic heterocycles. The van der Waals surface area contributed by atoms with Crippen LogP contribution in [0.1, 0.15) is 21.5 Å². The van der Waals surface area contributed by atoms with Crippen LogP contribution in [-0.4, -0.2) is 10.9 Å². The Bertz CT molecular complexity index is 1040. The number of aryl methyl sites for hydroxylation is 1. The van der Waals surface area contributed by atoms with E-state index in [1.54, 1.807) is 48.5 Å². The Hall–Kier alpha value is -3.92. The predicted molar refractivity (Wildman–Crippen MR) is 99.0 cm³/mol. The summed E-state index contributed by atoms with van der Waals surface area (Å²) in [6.45, 7) is 1.51. The van der Waals surface area contributed by atoms with Crippen LogP contribution in [-0.2, 0) is 0 Å². The number of nitrogens with one attached hydrogen (secondary N) is 1. The number of hydrogen-bond donors (Lipinski definition) is 2. The Labute approximate surface area is 155 Å². The molecule has 0 aliphatic rings. The Balaban J connectivity index is 1.71. The first-order valence-electron chi connectivity index (χ1n) is 7.98. The largest absolute Gasteiger partial charge is 0.457 e. The third kappa shape index (κ3) is 4.19. The minimum Gasteiger partial charge on any atom is -0.457 e. The second-order valence-corrected chi connectivity index (χ2v) is 5.75. The van der Waals surface area contributed by atoms with Crippen LogP contribution in [0.4, 0.5) is 15.9 Å². The summed E-state index contributed by atoms with van der Waals surface area (Å²) < 4.78 is 19.0. The van der Waals surface area contributed by atoms with Gasteiger partial charge >= 0.3 is 0 Å². The first-order valence-corrected chi connectivity index (χ1v) is 7.98. The lowest BCUT2D eigenvalue weighted by atomic mass is 10.1. The summed E-state index contributed by atoms with van der Waals surface area (Å²) in [7, 11) is 0. The van der Waals surface area contributed by atoms with Crippen molar-refractivity contribution in [1.29, 1.82) is 5.26 Å². The molecule has 3 aromatic rings. The third-order valence-corrected chi connectivity index (χ3v) is 3.74. The highest BCUT2D eigenvalue weighted by atomic mass is 19.1. The van der Waals surface area contributed by atoms with Gasteiger partial charge in [0.2, 0.25) is 5.95 Å². The van der Waals surface area contributed by atoms with Gasteiger partial charge < -0.3 is 15.8 Å². The number of hydrogen-bond acceptors (Lipinski definition) is 5. The van der Waals surface area contributed by atoms with Gasteiger partial charge in [0.1, 0.15) is 17.3 Å². The average molecular weight is 362 g/mol. The number of carbonyl (C=O) groups excluding carboxylic acids is 1. The van der Waals surface area contributed by atoms with Gasteiger partial charge in [-0.05, 0) is 55.5 Å². The van der Waals surface area contributed by atoms with Crippen LogP contribution in [0.25, 0.3) is 0 Å². The van der Waals surface area contributed by atoms with Crippen LogP contribution in [0.5, 0.6) is 11.5 Å². The summed E-state index contributed by atoms with van der Waals surface area (Å²) in [5, 5.41) is 11.6. The molecular weight excluding hydrogens is 347 g/mol. The average Bonchev–Trinajstić information content (AvgIpc) is 2.66. The van der Waals surface area contributed by atoms with E-state index >= 15 is 0 Å². The molecule has 2 aromatic carbocycles. The van der Waals surface area contributed by atoms with E-state index in [9.17, 15) is 9.18 Å². The van der Waals surface area contributed by atoms with Crippen LogP contribution in [0.3, 0.4) is 0 Å². The molecule has 0 aliphatic heterocycles. The molecule has 7 heteroatoms. The number of rotatable bonds is 4. The summed E-state index contributed by atoms with van der Waals surface area (Å²) in [5.41, 5.74) is 6.97. The molecule has 0 atom stereocenters. The minimum absolute atomic E-state index is 0.0996. The van der Waals surface area contributed by atoms with Gasteiger partial charge in [-0.15, -0.1) is 0 Å². The fraction of sp³-hybridized carbons (Fsp3) is 0.0500. The normalized spacial score (nSPS) is 10.1. The van der Waals surface area contributed by atoms with E-state index in [1.807, 2.05) is 6.07 Å². The third-order valence-electron chi connectivity index (χ3n) is 3.74. The molecule has 0 saturated carbocycles. The Morgan fingerprint density at radius 2 is 1.93 bits per heavy atom. The Morgan fingerprint density at radius 1 is 1.19 bits per heavy atom. The smallest absolute Gasteiger partial charge is 0.259 e. The first kappa shape index (κ1) is 17.9. The lowest BCUT2D eigenvalue weighted by molar-refractivity contribution is 0.102. The quantitative estimate of drug-likeness (QED) is 0.683. The molecule has 27 heavy (non-hydrogen) atoms. The van der Waals surface area contributed by atoms with Crippen LogP contribution >= 0.6 is 0 Å². The molecule has 1 amide bonds. The number of pyridine rings is 1. The highest BCUT2D eigenvalue weighted by molar-refractivity contribution is 6.07. The van der Waals surface area contributed by atoms with E-state index in [0.717, 1.165) is 0 Å². The molecule has 0 aliphatic carbocycles. The van der Waals surface area contributed by atoms with Crippen molar-refractivity contribution in [3.05, 3.63) is 77.2 Å². The maximum Gasteiger partial charge on any atom is 0.259 e. The molecule has 3 N–H and O–H groups in total. The van der Waals surface area contributed by atoms with Crippen LogP contribution in [0.15, 0.2) is 54.6 Å². The van der Waals surface area contributed by atoms with Crippen molar-refractivity contribution in [2.75, 3.05) is 11.1 Å². The second kappa shape index (κ2) is 7.54. The molecule has 0 bridgehead atoms. The number of benzene rings is 2. The van der Waals surface area contributed by atoms with Gasteiger partial charge in [0.15, 0.2) is 0 Å². The number of ether oxygens (including phenoxy) is 1. The predicted octanol–water partition coefficient (Wildman–Crippen LogP) is 4.03. The maximum atomic E-state index is 13.4. The molecule has 0 radical (unpaired) electrons. The maximum absolute atomic E-state index is 13.4. The highest BCUT2D eigenvalue weighted by Crippen LogP contribution is 2.24. The van der Waals surface area contributed by atoms with Crippen molar-refractivity contribution in [1.82, 2.24) is 4.98 Å². The number of aromatic nitrogens is 1. The van der Waals surface area contributed by atoms with Crippen molar-refractivity contribution in [3.63, 3.8) is 0 Å². The summed E-state index contributed by atoms with van der Waals surface area (Å²) in [6, 6.07) is 16.8. The van der Waals surface area contributed by atoms with E-state index in [0.29, 0.717) is 22.7 Å². The van der Waals surface area contributed by atoms with Gasteiger partial charge in [0, 0.05) is 11.3 Å². The number of nitrogens with zero attached hydrogens (tertiary/aromatic N) is 2. The minimum atomic E-state index is -0.703. The Kier molecular flexibility index (Phi) is 4.99. The molecule has 134 valence electrons. The Morgan fingerprint density at radius 3 is 2.63 bits per heavy atom. The molecule has 0 saturated heterocycles. The van der Waals surface area contributed by atoms with Crippen molar-refractivity contribution in [2.24, 2.45) is 0 Å².